The van der Waals surface area contributed by atoms with E-state index in [9.17, 15) is 0 Å². The van der Waals surface area contributed by atoms with Crippen molar-refractivity contribution in [3.8, 4) is 45.5 Å². The summed E-state index contributed by atoms with van der Waals surface area (Å²) in [6.45, 7) is 11.8. The van der Waals surface area contributed by atoms with Crippen LogP contribution in [0.3, 0.4) is 0 Å². The first-order valence-corrected chi connectivity index (χ1v) is 33.5. The number of fused-ring (bicyclic) bond motifs is 1. The summed E-state index contributed by atoms with van der Waals surface area (Å²) in [7, 11) is 0. The third kappa shape index (κ3) is 27.8. The minimum atomic E-state index is 0.656. The molecule has 0 amide bonds. The molecule has 1 heterocycles. The molecule has 0 aliphatic rings. The number of nitrogens with zero attached hydrogens (tertiary/aromatic N) is 2. The van der Waals surface area contributed by atoms with Crippen LogP contribution >= 0.6 is 31.9 Å². The van der Waals surface area contributed by atoms with Gasteiger partial charge in [0.1, 0.15) is 11.0 Å². The first-order valence-electron chi connectivity index (χ1n) is 32.0. The maximum atomic E-state index is 6.70. The number of halogens is 2. The summed E-state index contributed by atoms with van der Waals surface area (Å²) < 4.78 is 28.3. The molecule has 0 atom stereocenters. The molecular weight excluding hydrogens is 1070 g/mol. The standard InChI is InChI=1S/C68H108Br2N2O4/c1-5-9-13-17-21-25-29-33-37-41-51-73-61-49-45-57(55-63(61)75-53-43-39-35-31-27-23-19-15-11-7-3)65-66(72-68-60(70)48-47-59(69)67(68)71-65)58-46-50-62(74-52-42-38-34-30-26-22-18-14-10-6-2)64(56-58)76-54-44-40-36-32-28-24-20-16-12-8-4/h45-50,55-56H,5-44,51-54H2,1-4H3. The Labute approximate surface area is 482 Å². The van der Waals surface area contributed by atoms with Crippen LogP contribution < -0.4 is 18.9 Å². The van der Waals surface area contributed by atoms with Gasteiger partial charge in [-0.3, -0.25) is 0 Å². The molecule has 4 aromatic rings. The third-order valence-corrected chi connectivity index (χ3v) is 16.5. The quantitative estimate of drug-likeness (QED) is 0.0411. The summed E-state index contributed by atoms with van der Waals surface area (Å²) in [5.41, 5.74) is 5.06. The average molecular weight is 1180 g/mol. The van der Waals surface area contributed by atoms with Gasteiger partial charge in [0, 0.05) is 20.1 Å². The van der Waals surface area contributed by atoms with E-state index < -0.39 is 0 Å². The molecule has 1 aromatic heterocycles. The fourth-order valence-corrected chi connectivity index (χ4v) is 11.2. The highest BCUT2D eigenvalue weighted by atomic mass is 79.9. The van der Waals surface area contributed by atoms with E-state index in [1.165, 1.54) is 231 Å². The van der Waals surface area contributed by atoms with Gasteiger partial charge in [0.25, 0.3) is 0 Å². The van der Waals surface area contributed by atoms with Crippen LogP contribution in [-0.2, 0) is 0 Å². The summed E-state index contributed by atoms with van der Waals surface area (Å²) >= 11 is 7.67. The maximum absolute atomic E-state index is 6.70. The van der Waals surface area contributed by atoms with Crippen LogP contribution in [0.25, 0.3) is 33.5 Å². The van der Waals surface area contributed by atoms with Crippen molar-refractivity contribution >= 4 is 42.9 Å². The average Bonchev–Trinajstić information content (AvgIpc) is 3.45. The Balaban J connectivity index is 1.55. The summed E-state index contributed by atoms with van der Waals surface area (Å²) in [5.74, 6) is 3.16. The van der Waals surface area contributed by atoms with Crippen LogP contribution in [0.5, 0.6) is 23.0 Å². The molecule has 76 heavy (non-hydrogen) atoms. The lowest BCUT2D eigenvalue weighted by atomic mass is 10.0. The van der Waals surface area contributed by atoms with Gasteiger partial charge in [0.05, 0.1) is 37.8 Å². The molecule has 0 fully saturated rings. The largest absolute Gasteiger partial charge is 0.490 e. The number of benzene rings is 3. The topological polar surface area (TPSA) is 62.7 Å². The van der Waals surface area contributed by atoms with E-state index in [2.05, 4.69) is 96.0 Å². The van der Waals surface area contributed by atoms with Crippen LogP contribution in [0.2, 0.25) is 0 Å². The Hall–Kier alpha value is -2.84. The second-order valence-corrected chi connectivity index (χ2v) is 23.8. The molecule has 428 valence electrons. The second kappa shape index (κ2) is 44.0. The molecule has 0 saturated carbocycles. The van der Waals surface area contributed by atoms with Crippen LogP contribution in [0, 0.1) is 0 Å². The Kier molecular flexibility index (Phi) is 38.0. The van der Waals surface area contributed by atoms with Crippen LogP contribution in [0.4, 0.5) is 0 Å². The Morgan fingerprint density at radius 1 is 0.276 bits per heavy atom. The van der Waals surface area contributed by atoms with Crippen molar-refractivity contribution in [1.82, 2.24) is 9.97 Å². The number of rotatable bonds is 50. The van der Waals surface area contributed by atoms with Crippen LogP contribution in [0.15, 0.2) is 57.5 Å². The zero-order valence-electron chi connectivity index (χ0n) is 49.0. The molecule has 0 N–H and O–H groups in total. The minimum Gasteiger partial charge on any atom is -0.490 e. The number of aromatic nitrogens is 2. The fourth-order valence-electron chi connectivity index (χ4n) is 10.3. The molecule has 0 unspecified atom stereocenters. The second-order valence-electron chi connectivity index (χ2n) is 22.1. The van der Waals surface area contributed by atoms with Crippen LogP contribution in [0.1, 0.15) is 285 Å². The zero-order chi connectivity index (χ0) is 53.9. The van der Waals surface area contributed by atoms with E-state index in [0.717, 1.165) is 91.2 Å². The van der Waals surface area contributed by atoms with E-state index >= 15 is 0 Å². The van der Waals surface area contributed by atoms with Gasteiger partial charge in [0.2, 0.25) is 0 Å². The van der Waals surface area contributed by atoms with Gasteiger partial charge in [-0.15, -0.1) is 0 Å². The van der Waals surface area contributed by atoms with Crippen molar-refractivity contribution in [3.05, 3.63) is 57.5 Å². The molecule has 6 nitrogen and oxygen atoms in total. The lowest BCUT2D eigenvalue weighted by molar-refractivity contribution is 0.258. The summed E-state index contributed by atoms with van der Waals surface area (Å²) in [4.78, 5) is 10.9. The van der Waals surface area contributed by atoms with Gasteiger partial charge in [0.15, 0.2) is 23.0 Å². The molecule has 0 radical (unpaired) electrons. The Morgan fingerprint density at radius 2 is 0.500 bits per heavy atom. The molecule has 0 spiro atoms. The van der Waals surface area contributed by atoms with Gasteiger partial charge in [-0.2, -0.15) is 0 Å². The molecule has 0 aliphatic carbocycles. The number of unbranched alkanes of at least 4 members (excludes halogenated alkanes) is 36. The molecular formula is C68H108Br2N2O4. The summed E-state index contributed by atoms with van der Waals surface area (Å²) in [5, 5.41) is 0. The van der Waals surface area contributed by atoms with Gasteiger partial charge < -0.3 is 18.9 Å². The zero-order valence-corrected chi connectivity index (χ0v) is 52.2. The molecule has 0 aliphatic heterocycles. The monoisotopic (exact) mass is 1170 g/mol. The third-order valence-electron chi connectivity index (χ3n) is 15.2. The maximum Gasteiger partial charge on any atom is 0.161 e. The number of hydrogen-bond donors (Lipinski definition) is 0. The van der Waals surface area contributed by atoms with Crippen molar-refractivity contribution in [2.24, 2.45) is 0 Å². The lowest BCUT2D eigenvalue weighted by Crippen LogP contribution is -2.04. The highest BCUT2D eigenvalue weighted by molar-refractivity contribution is 9.11. The van der Waals surface area contributed by atoms with Gasteiger partial charge >= 0.3 is 0 Å². The molecule has 3 aromatic carbocycles. The van der Waals surface area contributed by atoms with E-state index in [-0.39, 0.29) is 0 Å². The highest BCUT2D eigenvalue weighted by Gasteiger charge is 2.20. The molecule has 0 bridgehead atoms. The predicted molar refractivity (Wildman–Crippen MR) is 335 cm³/mol. The van der Waals surface area contributed by atoms with Crippen molar-refractivity contribution in [1.29, 1.82) is 0 Å². The smallest absolute Gasteiger partial charge is 0.161 e. The van der Waals surface area contributed by atoms with Crippen molar-refractivity contribution < 1.29 is 18.9 Å². The first kappa shape index (κ1) is 65.7. The highest BCUT2D eigenvalue weighted by Crippen LogP contribution is 2.41. The van der Waals surface area contributed by atoms with E-state index in [1.807, 2.05) is 12.1 Å². The first-order chi connectivity index (χ1) is 37.5. The molecule has 8 heteroatoms. The van der Waals surface area contributed by atoms with Gasteiger partial charge in [-0.25, -0.2) is 9.97 Å². The van der Waals surface area contributed by atoms with Gasteiger partial charge in [-0.1, -0.05) is 259 Å². The van der Waals surface area contributed by atoms with E-state index in [4.69, 9.17) is 28.9 Å². The SMILES string of the molecule is CCCCCCCCCCCCOc1ccc(-c2nc3c(Br)ccc(Br)c3nc2-c2ccc(OCCCCCCCCCCCC)c(OCCCCCCCCCCCC)c2)cc1OCCCCCCCCCCCC. The molecule has 0 saturated heterocycles. The summed E-state index contributed by atoms with van der Waals surface area (Å²) in [6.07, 6.45) is 51.8. The predicted octanol–water partition coefficient (Wildman–Crippen LogP) is 23.7. The van der Waals surface area contributed by atoms with Crippen molar-refractivity contribution in [2.45, 2.75) is 285 Å². The molecule has 4 rings (SSSR count). The minimum absolute atomic E-state index is 0.656. The number of ether oxygens (including phenoxy) is 4. The summed E-state index contributed by atoms with van der Waals surface area (Å²) in [6, 6.07) is 16.8. The van der Waals surface area contributed by atoms with Gasteiger partial charge in [-0.05, 0) is 106 Å². The normalized spacial score (nSPS) is 11.5. The van der Waals surface area contributed by atoms with E-state index in [1.54, 1.807) is 0 Å². The van der Waals surface area contributed by atoms with Crippen molar-refractivity contribution in [2.75, 3.05) is 26.4 Å². The van der Waals surface area contributed by atoms with Crippen molar-refractivity contribution in [3.63, 3.8) is 0 Å². The number of hydrogen-bond acceptors (Lipinski definition) is 6. The van der Waals surface area contributed by atoms with Crippen LogP contribution in [-0.4, -0.2) is 36.4 Å². The Morgan fingerprint density at radius 3 is 0.750 bits per heavy atom. The fraction of sp³-hybridized carbons (Fsp3) is 0.706. The lowest BCUT2D eigenvalue weighted by Gasteiger charge is -2.18. The Bertz CT molecular complexity index is 1920. The van der Waals surface area contributed by atoms with E-state index in [0.29, 0.717) is 26.4 Å².